The van der Waals surface area contributed by atoms with Gasteiger partial charge in [0.25, 0.3) is 0 Å². The van der Waals surface area contributed by atoms with Crippen molar-refractivity contribution in [1.29, 1.82) is 0 Å². The molecule has 0 aliphatic carbocycles. The molecule has 0 spiro atoms. The van der Waals surface area contributed by atoms with Gasteiger partial charge < -0.3 is 15.4 Å². The normalized spacial score (nSPS) is 10.8. The van der Waals surface area contributed by atoms with Crippen LogP contribution in [0.5, 0.6) is 5.75 Å². The van der Waals surface area contributed by atoms with Gasteiger partial charge in [-0.2, -0.15) is 0 Å². The van der Waals surface area contributed by atoms with Crippen LogP contribution >= 0.6 is 12.2 Å². The number of nitrogens with two attached hydrogens (primary N) is 1. The molecule has 2 N–H and O–H groups in total. The Morgan fingerprint density at radius 3 is 2.55 bits per heavy atom. The van der Waals surface area contributed by atoms with Gasteiger partial charge in [-0.05, 0) is 38.1 Å². The minimum Gasteiger partial charge on any atom is -0.493 e. The fourth-order valence-electron chi connectivity index (χ4n) is 2.08. The summed E-state index contributed by atoms with van der Waals surface area (Å²) in [5, 5.41) is 0. The van der Waals surface area contributed by atoms with Gasteiger partial charge in [0.05, 0.1) is 12.2 Å². The zero-order chi connectivity index (χ0) is 14.8. The fourth-order valence-corrected chi connectivity index (χ4v) is 2.24. The van der Waals surface area contributed by atoms with Crippen LogP contribution in [-0.2, 0) is 0 Å². The van der Waals surface area contributed by atoms with E-state index in [0.717, 1.165) is 30.8 Å². The highest BCUT2D eigenvalue weighted by Crippen LogP contribution is 2.17. The molecule has 0 atom stereocenters. The Bertz CT molecular complexity index is 409. The van der Waals surface area contributed by atoms with Crippen LogP contribution in [0, 0.1) is 0 Å². The smallest absolute Gasteiger partial charge is 0.129 e. The second kappa shape index (κ2) is 9.72. The van der Waals surface area contributed by atoms with Gasteiger partial charge in [-0.25, -0.2) is 0 Å². The summed E-state index contributed by atoms with van der Waals surface area (Å²) < 4.78 is 5.80. The molecule has 0 fully saturated rings. The van der Waals surface area contributed by atoms with Crippen molar-refractivity contribution in [2.45, 2.75) is 33.1 Å². The summed E-state index contributed by atoms with van der Waals surface area (Å²) in [4.78, 5) is 2.85. The number of nitrogens with zero attached hydrogens (tertiary/aromatic N) is 1. The van der Waals surface area contributed by atoms with Crippen molar-refractivity contribution in [3.05, 3.63) is 29.8 Å². The summed E-state index contributed by atoms with van der Waals surface area (Å²) in [6.45, 7) is 8.48. The molecule has 112 valence electrons. The van der Waals surface area contributed by atoms with Crippen molar-refractivity contribution in [2.75, 3.05) is 26.2 Å². The number of unbranched alkanes of at least 4 members (excludes halogenated alkanes) is 1. The largest absolute Gasteiger partial charge is 0.493 e. The van der Waals surface area contributed by atoms with Crippen molar-refractivity contribution in [2.24, 2.45) is 5.73 Å². The predicted octanol–water partition coefficient (Wildman–Crippen LogP) is 3.21. The van der Waals surface area contributed by atoms with Crippen molar-refractivity contribution in [3.8, 4) is 5.75 Å². The molecule has 1 aromatic rings. The molecule has 0 bridgehead atoms. The van der Waals surface area contributed by atoms with E-state index in [2.05, 4.69) is 18.7 Å². The molecule has 0 amide bonds. The number of thiocarbonyl (C=S) groups is 1. The maximum Gasteiger partial charge on any atom is 0.129 e. The minimum absolute atomic E-state index is 0.388. The Balaban J connectivity index is 2.35. The molecule has 0 saturated heterocycles. The standard InChI is InChI=1S/C16H26N2OS/c1-3-5-11-18(4-2)12-8-13-19-15-10-7-6-9-14(15)16(17)20/h6-7,9-10H,3-5,8,11-13H2,1-2H3,(H2,17,20). The summed E-state index contributed by atoms with van der Waals surface area (Å²) in [7, 11) is 0. The summed E-state index contributed by atoms with van der Waals surface area (Å²) in [5.41, 5.74) is 6.51. The van der Waals surface area contributed by atoms with E-state index in [9.17, 15) is 0 Å². The fraction of sp³-hybridized carbons (Fsp3) is 0.562. The molecule has 0 aliphatic rings. The van der Waals surface area contributed by atoms with E-state index in [1.165, 1.54) is 19.4 Å². The molecule has 20 heavy (non-hydrogen) atoms. The van der Waals surface area contributed by atoms with E-state index in [1.807, 2.05) is 24.3 Å². The maximum absolute atomic E-state index is 5.80. The van der Waals surface area contributed by atoms with Crippen molar-refractivity contribution >= 4 is 17.2 Å². The average Bonchev–Trinajstić information content (AvgIpc) is 2.46. The van der Waals surface area contributed by atoms with Crippen LogP contribution in [0.15, 0.2) is 24.3 Å². The minimum atomic E-state index is 0.388. The average molecular weight is 294 g/mol. The number of rotatable bonds is 10. The molecule has 3 nitrogen and oxygen atoms in total. The summed E-state index contributed by atoms with van der Waals surface area (Å²) in [5.74, 6) is 0.789. The monoisotopic (exact) mass is 294 g/mol. The van der Waals surface area contributed by atoms with Gasteiger partial charge in [0, 0.05) is 6.54 Å². The van der Waals surface area contributed by atoms with Crippen LogP contribution in [0.1, 0.15) is 38.7 Å². The number of hydrogen-bond acceptors (Lipinski definition) is 3. The molecular formula is C16H26N2OS. The lowest BCUT2D eigenvalue weighted by Gasteiger charge is -2.20. The van der Waals surface area contributed by atoms with Gasteiger partial charge in [0.2, 0.25) is 0 Å². The van der Waals surface area contributed by atoms with E-state index in [4.69, 9.17) is 22.7 Å². The first kappa shape index (κ1) is 16.9. The van der Waals surface area contributed by atoms with Crippen LogP contribution in [0.25, 0.3) is 0 Å². The molecule has 0 saturated carbocycles. The lowest BCUT2D eigenvalue weighted by atomic mass is 10.2. The molecule has 0 radical (unpaired) electrons. The van der Waals surface area contributed by atoms with Crippen LogP contribution < -0.4 is 10.5 Å². The lowest BCUT2D eigenvalue weighted by Crippen LogP contribution is -2.26. The van der Waals surface area contributed by atoms with E-state index < -0.39 is 0 Å². The number of benzene rings is 1. The zero-order valence-electron chi connectivity index (χ0n) is 12.6. The molecule has 0 aromatic heterocycles. The van der Waals surface area contributed by atoms with Crippen molar-refractivity contribution < 1.29 is 4.74 Å². The van der Waals surface area contributed by atoms with E-state index >= 15 is 0 Å². The van der Waals surface area contributed by atoms with Gasteiger partial charge in [0.15, 0.2) is 0 Å². The molecule has 1 rings (SSSR count). The Labute approximate surface area is 128 Å². The van der Waals surface area contributed by atoms with Gasteiger partial charge in [0.1, 0.15) is 10.7 Å². The highest BCUT2D eigenvalue weighted by atomic mass is 32.1. The van der Waals surface area contributed by atoms with Crippen molar-refractivity contribution in [3.63, 3.8) is 0 Å². The van der Waals surface area contributed by atoms with Gasteiger partial charge >= 0.3 is 0 Å². The number of hydrogen-bond donors (Lipinski definition) is 1. The number of ether oxygens (including phenoxy) is 1. The van der Waals surface area contributed by atoms with Crippen LogP contribution in [0.3, 0.4) is 0 Å². The van der Waals surface area contributed by atoms with Gasteiger partial charge in [-0.3, -0.25) is 0 Å². The summed E-state index contributed by atoms with van der Waals surface area (Å²) in [6.07, 6.45) is 3.52. The first-order valence-corrected chi connectivity index (χ1v) is 7.83. The van der Waals surface area contributed by atoms with Gasteiger partial charge in [-0.1, -0.05) is 44.6 Å². The Morgan fingerprint density at radius 2 is 1.90 bits per heavy atom. The summed E-state index contributed by atoms with van der Waals surface area (Å²) >= 11 is 5.03. The molecule has 0 heterocycles. The second-order valence-electron chi connectivity index (χ2n) is 4.85. The Morgan fingerprint density at radius 1 is 1.20 bits per heavy atom. The van der Waals surface area contributed by atoms with Crippen LogP contribution in [-0.4, -0.2) is 36.1 Å². The first-order valence-electron chi connectivity index (χ1n) is 7.43. The highest BCUT2D eigenvalue weighted by Gasteiger charge is 2.06. The van der Waals surface area contributed by atoms with E-state index in [-0.39, 0.29) is 0 Å². The maximum atomic E-state index is 5.80. The van der Waals surface area contributed by atoms with Crippen LogP contribution in [0.2, 0.25) is 0 Å². The SMILES string of the molecule is CCCCN(CC)CCCOc1ccccc1C(N)=S. The third-order valence-electron chi connectivity index (χ3n) is 3.30. The molecule has 1 aromatic carbocycles. The second-order valence-corrected chi connectivity index (χ2v) is 5.29. The molecule has 0 aliphatic heterocycles. The molecule has 0 unspecified atom stereocenters. The lowest BCUT2D eigenvalue weighted by molar-refractivity contribution is 0.239. The Hall–Kier alpha value is -1.13. The molecular weight excluding hydrogens is 268 g/mol. The third kappa shape index (κ3) is 5.88. The highest BCUT2D eigenvalue weighted by molar-refractivity contribution is 7.80. The van der Waals surface area contributed by atoms with Gasteiger partial charge in [-0.15, -0.1) is 0 Å². The number of para-hydroxylation sites is 1. The van der Waals surface area contributed by atoms with E-state index in [1.54, 1.807) is 0 Å². The zero-order valence-corrected chi connectivity index (χ0v) is 13.4. The van der Waals surface area contributed by atoms with Crippen LogP contribution in [0.4, 0.5) is 0 Å². The first-order chi connectivity index (χ1) is 9.69. The summed E-state index contributed by atoms with van der Waals surface area (Å²) in [6, 6.07) is 7.68. The van der Waals surface area contributed by atoms with E-state index in [0.29, 0.717) is 11.6 Å². The third-order valence-corrected chi connectivity index (χ3v) is 3.52. The topological polar surface area (TPSA) is 38.5 Å². The van der Waals surface area contributed by atoms with Crippen molar-refractivity contribution in [1.82, 2.24) is 4.90 Å². The molecule has 4 heteroatoms. The quantitative estimate of drug-likeness (QED) is 0.531. The Kier molecular flexibility index (Phi) is 8.23. The predicted molar refractivity (Wildman–Crippen MR) is 89.5 cm³/mol.